The maximum absolute atomic E-state index is 13.0. The van der Waals surface area contributed by atoms with Gasteiger partial charge in [0.2, 0.25) is 0 Å². The van der Waals surface area contributed by atoms with Crippen molar-refractivity contribution < 1.29 is 4.79 Å². The van der Waals surface area contributed by atoms with Gasteiger partial charge in [-0.25, -0.2) is 0 Å². The highest BCUT2D eigenvalue weighted by Gasteiger charge is 2.18. The van der Waals surface area contributed by atoms with E-state index in [0.717, 1.165) is 26.3 Å². The van der Waals surface area contributed by atoms with Crippen molar-refractivity contribution in [2.45, 2.75) is 0 Å². The molecule has 2 heterocycles. The van der Waals surface area contributed by atoms with Crippen LogP contribution in [0.15, 0.2) is 71.5 Å². The summed E-state index contributed by atoms with van der Waals surface area (Å²) >= 11 is 3.44. The Balaban J connectivity index is 2.09. The largest absolute Gasteiger partial charge is 0.276 e. The number of carbonyl (C=O) groups excluding carboxylic acids is 1. The SMILES string of the molecule is O=C(c1cnccc1Br)n1c2ccccc2c2ccccc21. The minimum Gasteiger partial charge on any atom is -0.276 e. The van der Waals surface area contributed by atoms with Crippen LogP contribution in [0.1, 0.15) is 10.4 Å². The van der Waals surface area contributed by atoms with Crippen molar-refractivity contribution >= 4 is 43.6 Å². The molecule has 0 bridgehead atoms. The molecule has 4 aromatic rings. The summed E-state index contributed by atoms with van der Waals surface area (Å²) in [5, 5.41) is 2.15. The number of hydrogen-bond donors (Lipinski definition) is 0. The monoisotopic (exact) mass is 350 g/mol. The first kappa shape index (κ1) is 13.2. The Morgan fingerprint density at radius 1 is 0.909 bits per heavy atom. The van der Waals surface area contributed by atoms with Gasteiger partial charge in [-0.15, -0.1) is 0 Å². The van der Waals surface area contributed by atoms with Gasteiger partial charge in [-0.2, -0.15) is 0 Å². The number of hydrogen-bond acceptors (Lipinski definition) is 2. The highest BCUT2D eigenvalue weighted by Crippen LogP contribution is 2.30. The van der Waals surface area contributed by atoms with Crippen LogP contribution in [0.5, 0.6) is 0 Å². The number of rotatable bonds is 1. The van der Waals surface area contributed by atoms with E-state index in [9.17, 15) is 4.79 Å². The Morgan fingerprint density at radius 3 is 2.09 bits per heavy atom. The van der Waals surface area contributed by atoms with Gasteiger partial charge in [-0.05, 0) is 34.1 Å². The number of fused-ring (bicyclic) bond motifs is 3. The molecule has 0 N–H and O–H groups in total. The van der Waals surface area contributed by atoms with E-state index in [-0.39, 0.29) is 5.91 Å². The van der Waals surface area contributed by atoms with Crippen LogP contribution < -0.4 is 0 Å². The second-order valence-electron chi connectivity index (χ2n) is 5.03. The highest BCUT2D eigenvalue weighted by atomic mass is 79.9. The Bertz CT molecular complexity index is 967. The van der Waals surface area contributed by atoms with Crippen LogP contribution in [0, 0.1) is 0 Å². The van der Waals surface area contributed by atoms with E-state index >= 15 is 0 Å². The van der Waals surface area contributed by atoms with Gasteiger partial charge in [-0.1, -0.05) is 36.4 Å². The second kappa shape index (κ2) is 5.07. The second-order valence-corrected chi connectivity index (χ2v) is 5.88. The third-order valence-corrected chi connectivity index (χ3v) is 4.47. The van der Waals surface area contributed by atoms with Crippen molar-refractivity contribution in [3.05, 3.63) is 77.0 Å². The van der Waals surface area contributed by atoms with Crippen LogP contribution in [0.2, 0.25) is 0 Å². The minimum absolute atomic E-state index is 0.0858. The van der Waals surface area contributed by atoms with Crippen LogP contribution >= 0.6 is 15.9 Å². The summed E-state index contributed by atoms with van der Waals surface area (Å²) in [6.07, 6.45) is 3.25. The molecule has 0 atom stereocenters. The molecule has 3 nitrogen and oxygen atoms in total. The molecule has 106 valence electrons. The van der Waals surface area contributed by atoms with Crippen molar-refractivity contribution in [2.24, 2.45) is 0 Å². The smallest absolute Gasteiger partial charge is 0.265 e. The molecule has 0 aliphatic heterocycles. The number of halogens is 1. The van der Waals surface area contributed by atoms with Crippen molar-refractivity contribution in [3.63, 3.8) is 0 Å². The molecule has 0 saturated heterocycles. The fourth-order valence-electron chi connectivity index (χ4n) is 2.80. The van der Waals surface area contributed by atoms with Crippen LogP contribution in [-0.4, -0.2) is 15.5 Å². The van der Waals surface area contributed by atoms with Gasteiger partial charge in [0.15, 0.2) is 0 Å². The number of aromatic nitrogens is 2. The molecule has 22 heavy (non-hydrogen) atoms. The maximum Gasteiger partial charge on any atom is 0.265 e. The zero-order valence-corrected chi connectivity index (χ0v) is 13.1. The molecule has 0 spiro atoms. The van der Waals surface area contributed by atoms with E-state index < -0.39 is 0 Å². The standard InChI is InChI=1S/C18H11BrN2O/c19-15-9-10-20-11-14(15)18(22)21-16-7-3-1-5-12(16)13-6-2-4-8-17(13)21/h1-11H. The normalized spacial score (nSPS) is 11.1. The average Bonchev–Trinajstić information content (AvgIpc) is 2.89. The first-order valence-corrected chi connectivity index (χ1v) is 7.69. The Morgan fingerprint density at radius 2 is 1.50 bits per heavy atom. The number of carbonyl (C=O) groups is 1. The highest BCUT2D eigenvalue weighted by molar-refractivity contribution is 9.10. The molecule has 2 aromatic carbocycles. The predicted molar refractivity (Wildman–Crippen MR) is 91.1 cm³/mol. The lowest BCUT2D eigenvalue weighted by Gasteiger charge is -2.07. The predicted octanol–water partition coefficient (Wildman–Crippen LogP) is 4.64. The first-order chi connectivity index (χ1) is 10.8. The van der Waals surface area contributed by atoms with Crippen LogP contribution in [0.25, 0.3) is 21.8 Å². The maximum atomic E-state index is 13.0. The molecule has 0 radical (unpaired) electrons. The molecule has 0 amide bonds. The molecule has 0 fully saturated rings. The van der Waals surface area contributed by atoms with E-state index in [4.69, 9.17) is 0 Å². The zero-order chi connectivity index (χ0) is 15.1. The third kappa shape index (κ3) is 1.88. The zero-order valence-electron chi connectivity index (χ0n) is 11.5. The van der Waals surface area contributed by atoms with Gasteiger partial charge in [0.05, 0.1) is 16.6 Å². The average molecular weight is 351 g/mol. The van der Waals surface area contributed by atoms with Crippen molar-refractivity contribution in [3.8, 4) is 0 Å². The quantitative estimate of drug-likeness (QED) is 0.501. The first-order valence-electron chi connectivity index (χ1n) is 6.90. The molecule has 2 aromatic heterocycles. The van der Waals surface area contributed by atoms with Gasteiger partial charge in [-0.3, -0.25) is 14.3 Å². The number of benzene rings is 2. The molecule has 4 rings (SSSR count). The summed E-state index contributed by atoms with van der Waals surface area (Å²) in [6, 6.07) is 17.7. The number of para-hydroxylation sites is 2. The van der Waals surface area contributed by atoms with Gasteiger partial charge in [0, 0.05) is 27.6 Å². The Hall–Kier alpha value is -2.46. The van der Waals surface area contributed by atoms with Crippen molar-refractivity contribution in [2.75, 3.05) is 0 Å². The lowest BCUT2D eigenvalue weighted by Crippen LogP contribution is -2.12. The molecular weight excluding hydrogens is 340 g/mol. The van der Waals surface area contributed by atoms with E-state index in [1.165, 1.54) is 0 Å². The topological polar surface area (TPSA) is 34.9 Å². The third-order valence-electron chi connectivity index (χ3n) is 3.78. The minimum atomic E-state index is -0.0858. The van der Waals surface area contributed by atoms with Gasteiger partial charge in [0.25, 0.3) is 5.91 Å². The van der Waals surface area contributed by atoms with E-state index in [1.807, 2.05) is 48.5 Å². The van der Waals surface area contributed by atoms with Crippen LogP contribution in [0.4, 0.5) is 0 Å². The molecular formula is C18H11BrN2O. The Kier molecular flexibility index (Phi) is 3.05. The van der Waals surface area contributed by atoms with E-state index in [0.29, 0.717) is 5.56 Å². The number of nitrogens with zero attached hydrogens (tertiary/aromatic N) is 2. The van der Waals surface area contributed by atoms with Gasteiger partial charge < -0.3 is 0 Å². The lowest BCUT2D eigenvalue weighted by atomic mass is 10.2. The summed E-state index contributed by atoms with van der Waals surface area (Å²) in [7, 11) is 0. The van der Waals surface area contributed by atoms with Crippen molar-refractivity contribution in [1.82, 2.24) is 9.55 Å². The van der Waals surface area contributed by atoms with Crippen molar-refractivity contribution in [1.29, 1.82) is 0 Å². The fraction of sp³-hybridized carbons (Fsp3) is 0. The molecule has 0 aliphatic rings. The molecule has 0 unspecified atom stereocenters. The molecule has 0 saturated carbocycles. The summed E-state index contributed by atoms with van der Waals surface area (Å²) in [6.45, 7) is 0. The summed E-state index contributed by atoms with van der Waals surface area (Å²) in [4.78, 5) is 17.1. The van der Waals surface area contributed by atoms with Crippen LogP contribution in [0.3, 0.4) is 0 Å². The molecule has 4 heteroatoms. The fourth-order valence-corrected chi connectivity index (χ4v) is 3.19. The van der Waals surface area contributed by atoms with E-state index in [2.05, 4.69) is 20.9 Å². The van der Waals surface area contributed by atoms with Gasteiger partial charge >= 0.3 is 0 Å². The van der Waals surface area contributed by atoms with Gasteiger partial charge in [0.1, 0.15) is 0 Å². The Labute approximate surface area is 135 Å². The van der Waals surface area contributed by atoms with Crippen LogP contribution in [-0.2, 0) is 0 Å². The number of pyridine rings is 1. The molecule has 0 aliphatic carbocycles. The lowest BCUT2D eigenvalue weighted by molar-refractivity contribution is 0.0968. The van der Waals surface area contributed by atoms with E-state index in [1.54, 1.807) is 23.0 Å². The summed E-state index contributed by atoms with van der Waals surface area (Å²) in [5.41, 5.74) is 2.36. The summed E-state index contributed by atoms with van der Waals surface area (Å²) in [5.74, 6) is -0.0858. The summed E-state index contributed by atoms with van der Waals surface area (Å²) < 4.78 is 2.50.